The van der Waals surface area contributed by atoms with Crippen LogP contribution >= 0.6 is 11.3 Å². The highest BCUT2D eigenvalue weighted by Crippen LogP contribution is 2.35. The number of carbonyl (C=O) groups excluding carboxylic acids is 1. The lowest BCUT2D eigenvalue weighted by atomic mass is 10.0. The van der Waals surface area contributed by atoms with Crippen LogP contribution in [0.4, 0.5) is 9.80 Å². The van der Waals surface area contributed by atoms with Crippen LogP contribution in [-0.2, 0) is 0 Å². The van der Waals surface area contributed by atoms with Gasteiger partial charge in [-0.2, -0.15) is 0 Å². The molecule has 0 radical (unpaired) electrons. The van der Waals surface area contributed by atoms with Crippen molar-refractivity contribution in [3.63, 3.8) is 0 Å². The molecule has 5 nitrogen and oxygen atoms in total. The normalized spacial score (nSPS) is 10.1. The van der Waals surface area contributed by atoms with Gasteiger partial charge in [-0.3, -0.25) is 5.32 Å². The quantitative estimate of drug-likeness (QED) is 0.808. The van der Waals surface area contributed by atoms with Crippen LogP contribution in [0.5, 0.6) is 0 Å². The molecule has 0 saturated heterocycles. The van der Waals surface area contributed by atoms with Crippen LogP contribution in [0.3, 0.4) is 0 Å². The summed E-state index contributed by atoms with van der Waals surface area (Å²) in [5.74, 6) is -1.06. The van der Waals surface area contributed by atoms with Crippen molar-refractivity contribution in [2.75, 3.05) is 11.9 Å². The Morgan fingerprint density at radius 2 is 1.95 bits per heavy atom. The molecule has 0 aliphatic heterocycles. The van der Waals surface area contributed by atoms with Gasteiger partial charge in [-0.25, -0.2) is 9.59 Å². The van der Waals surface area contributed by atoms with Gasteiger partial charge < -0.3 is 10.4 Å². The number of carboxylic acids is 1. The first-order chi connectivity index (χ1) is 9.63. The molecule has 0 fully saturated rings. The van der Waals surface area contributed by atoms with Crippen LogP contribution in [0, 0.1) is 0 Å². The van der Waals surface area contributed by atoms with Crippen LogP contribution in [0.15, 0.2) is 35.7 Å². The van der Waals surface area contributed by atoms with Gasteiger partial charge in [-0.05, 0) is 12.5 Å². The molecule has 1 heterocycles. The Bertz CT molecular complexity index is 623. The second-order valence-corrected chi connectivity index (χ2v) is 4.89. The van der Waals surface area contributed by atoms with E-state index in [0.29, 0.717) is 17.1 Å². The van der Waals surface area contributed by atoms with Gasteiger partial charge >= 0.3 is 12.0 Å². The fourth-order valence-corrected chi connectivity index (χ4v) is 2.76. The number of carbonyl (C=O) groups is 2. The Morgan fingerprint density at radius 3 is 2.55 bits per heavy atom. The zero-order valence-electron chi connectivity index (χ0n) is 10.8. The summed E-state index contributed by atoms with van der Waals surface area (Å²) in [7, 11) is 0. The Labute approximate surface area is 120 Å². The first-order valence-electron chi connectivity index (χ1n) is 6.08. The molecule has 3 N–H and O–H groups in total. The number of urea groups is 1. The van der Waals surface area contributed by atoms with Crippen LogP contribution in [0.2, 0.25) is 0 Å². The first-order valence-corrected chi connectivity index (χ1v) is 6.96. The first kappa shape index (κ1) is 14.1. The minimum atomic E-state index is -1.06. The summed E-state index contributed by atoms with van der Waals surface area (Å²) in [5.41, 5.74) is 1.53. The topological polar surface area (TPSA) is 78.4 Å². The molecule has 104 valence electrons. The molecule has 0 aliphatic rings. The van der Waals surface area contributed by atoms with Crippen molar-refractivity contribution in [3.8, 4) is 11.1 Å². The smallest absolute Gasteiger partial charge is 0.339 e. The van der Waals surface area contributed by atoms with E-state index >= 15 is 0 Å². The van der Waals surface area contributed by atoms with Crippen molar-refractivity contribution >= 4 is 28.3 Å². The fraction of sp³-hybridized carbons (Fsp3) is 0.143. The van der Waals surface area contributed by atoms with E-state index < -0.39 is 12.0 Å². The number of nitrogens with one attached hydrogen (secondary N) is 2. The van der Waals surface area contributed by atoms with Crippen molar-refractivity contribution in [1.29, 1.82) is 0 Å². The number of thiophene rings is 1. The maximum absolute atomic E-state index is 11.5. The number of carboxylic acid groups (broad SMARTS) is 1. The van der Waals surface area contributed by atoms with E-state index in [2.05, 4.69) is 10.6 Å². The average molecular weight is 290 g/mol. The lowest BCUT2D eigenvalue weighted by Crippen LogP contribution is -2.28. The van der Waals surface area contributed by atoms with E-state index in [1.807, 2.05) is 30.3 Å². The van der Waals surface area contributed by atoms with Gasteiger partial charge in [-0.15, -0.1) is 11.3 Å². The maximum atomic E-state index is 11.5. The SMILES string of the molecule is CCNC(=O)Nc1scc(-c2ccccc2)c1C(=O)O. The summed E-state index contributed by atoms with van der Waals surface area (Å²) in [6, 6.07) is 8.82. The van der Waals surface area contributed by atoms with Crippen molar-refractivity contribution in [3.05, 3.63) is 41.3 Å². The summed E-state index contributed by atoms with van der Waals surface area (Å²) in [6.07, 6.45) is 0. The van der Waals surface area contributed by atoms with Gasteiger partial charge in [0.05, 0.1) is 0 Å². The molecule has 1 aromatic carbocycles. The Balaban J connectivity index is 2.38. The third-order valence-corrected chi connectivity index (χ3v) is 3.55. The maximum Gasteiger partial charge on any atom is 0.339 e. The summed E-state index contributed by atoms with van der Waals surface area (Å²) in [5, 5.41) is 16.6. The predicted octanol–water partition coefficient (Wildman–Crippen LogP) is 3.25. The molecule has 2 amide bonds. The molecule has 0 aliphatic carbocycles. The molecule has 20 heavy (non-hydrogen) atoms. The zero-order chi connectivity index (χ0) is 14.5. The molecule has 2 rings (SSSR count). The van der Waals surface area contributed by atoms with Crippen LogP contribution < -0.4 is 10.6 Å². The summed E-state index contributed by atoms with van der Waals surface area (Å²) in [4.78, 5) is 23.0. The highest BCUT2D eigenvalue weighted by Gasteiger charge is 2.20. The van der Waals surface area contributed by atoms with Crippen molar-refractivity contribution < 1.29 is 14.7 Å². The molecule has 6 heteroatoms. The molecule has 0 saturated carbocycles. The molecule has 1 aromatic heterocycles. The van der Waals surface area contributed by atoms with E-state index in [1.165, 1.54) is 11.3 Å². The molecule has 0 bridgehead atoms. The number of aromatic carboxylic acids is 1. The van der Waals surface area contributed by atoms with Crippen LogP contribution in [-0.4, -0.2) is 23.7 Å². The van der Waals surface area contributed by atoms with Crippen molar-refractivity contribution in [1.82, 2.24) is 5.32 Å². The highest BCUT2D eigenvalue weighted by atomic mass is 32.1. The summed E-state index contributed by atoms with van der Waals surface area (Å²) < 4.78 is 0. The van der Waals surface area contributed by atoms with Crippen LogP contribution in [0.25, 0.3) is 11.1 Å². The Kier molecular flexibility index (Phi) is 4.37. The Hall–Kier alpha value is -2.34. The molecule has 2 aromatic rings. The zero-order valence-corrected chi connectivity index (χ0v) is 11.7. The number of anilines is 1. The second kappa shape index (κ2) is 6.21. The fourth-order valence-electron chi connectivity index (χ4n) is 1.80. The minimum Gasteiger partial charge on any atom is -0.478 e. The molecule has 0 spiro atoms. The van der Waals surface area contributed by atoms with Gasteiger partial charge in [0.2, 0.25) is 0 Å². The lowest BCUT2D eigenvalue weighted by molar-refractivity contribution is 0.0699. The Morgan fingerprint density at radius 1 is 1.25 bits per heavy atom. The van der Waals surface area contributed by atoms with Gasteiger partial charge in [0, 0.05) is 17.5 Å². The highest BCUT2D eigenvalue weighted by molar-refractivity contribution is 7.15. The third-order valence-electron chi connectivity index (χ3n) is 2.65. The molecular formula is C14H14N2O3S. The molecular weight excluding hydrogens is 276 g/mol. The van der Waals surface area contributed by atoms with Gasteiger partial charge in [0.15, 0.2) is 0 Å². The summed E-state index contributed by atoms with van der Waals surface area (Å²) in [6.45, 7) is 2.27. The number of rotatable bonds is 4. The van der Waals surface area contributed by atoms with Crippen molar-refractivity contribution in [2.45, 2.75) is 6.92 Å². The largest absolute Gasteiger partial charge is 0.478 e. The predicted molar refractivity (Wildman–Crippen MR) is 79.4 cm³/mol. The van der Waals surface area contributed by atoms with E-state index in [9.17, 15) is 14.7 Å². The molecule has 0 atom stereocenters. The van der Waals surface area contributed by atoms with Crippen molar-refractivity contribution in [2.24, 2.45) is 0 Å². The standard InChI is InChI=1S/C14H14N2O3S/c1-2-15-14(19)16-12-11(13(17)18)10(8-20-12)9-6-4-3-5-7-9/h3-8H,2H2,1H3,(H,17,18)(H2,15,16,19). The van der Waals surface area contributed by atoms with Crippen LogP contribution in [0.1, 0.15) is 17.3 Å². The third kappa shape index (κ3) is 2.97. The molecule has 0 unspecified atom stereocenters. The summed E-state index contributed by atoms with van der Waals surface area (Å²) >= 11 is 1.20. The van der Waals surface area contributed by atoms with E-state index in [-0.39, 0.29) is 5.56 Å². The van der Waals surface area contributed by atoms with Gasteiger partial charge in [0.25, 0.3) is 0 Å². The average Bonchev–Trinajstić information content (AvgIpc) is 2.83. The second-order valence-electron chi connectivity index (χ2n) is 4.01. The van der Waals surface area contributed by atoms with E-state index in [4.69, 9.17) is 0 Å². The number of hydrogen-bond acceptors (Lipinski definition) is 3. The number of benzene rings is 1. The number of hydrogen-bond donors (Lipinski definition) is 3. The monoisotopic (exact) mass is 290 g/mol. The van der Waals surface area contributed by atoms with Gasteiger partial charge in [-0.1, -0.05) is 30.3 Å². The van der Waals surface area contributed by atoms with E-state index in [1.54, 1.807) is 12.3 Å². The van der Waals surface area contributed by atoms with E-state index in [0.717, 1.165) is 5.56 Å². The lowest BCUT2D eigenvalue weighted by Gasteiger charge is -2.06. The minimum absolute atomic E-state index is 0.118. The van der Waals surface area contributed by atoms with Gasteiger partial charge in [0.1, 0.15) is 10.6 Å². The number of amides is 2.